The predicted octanol–water partition coefficient (Wildman–Crippen LogP) is 4.04. The summed E-state index contributed by atoms with van der Waals surface area (Å²) in [4.78, 5) is 2.37. The molecule has 1 aromatic carbocycles. The van der Waals surface area contributed by atoms with Crippen LogP contribution in [-0.2, 0) is 0 Å². The number of hydrogen-bond donors (Lipinski definition) is 1. The van der Waals surface area contributed by atoms with E-state index >= 15 is 0 Å². The zero-order chi connectivity index (χ0) is 13.8. The summed E-state index contributed by atoms with van der Waals surface area (Å²) in [5.74, 6) is -0.275. The average molecular weight is 265 g/mol. The molecule has 1 N–H and O–H groups in total. The van der Waals surface area contributed by atoms with Crippen molar-refractivity contribution in [3.05, 3.63) is 29.6 Å². The van der Waals surface area contributed by atoms with Crippen LogP contribution in [0.2, 0.25) is 0 Å². The third kappa shape index (κ3) is 3.27. The molecule has 0 aromatic heterocycles. The van der Waals surface area contributed by atoms with Crippen LogP contribution in [-0.4, -0.2) is 17.7 Å². The second kappa shape index (κ2) is 6.38. The van der Waals surface area contributed by atoms with E-state index < -0.39 is 6.10 Å². The van der Waals surface area contributed by atoms with Gasteiger partial charge in [-0.15, -0.1) is 0 Å². The molecule has 1 aromatic rings. The van der Waals surface area contributed by atoms with Crippen LogP contribution in [0.25, 0.3) is 0 Å². The van der Waals surface area contributed by atoms with E-state index in [1.807, 2.05) is 6.07 Å². The molecule has 2 rings (SSSR count). The number of benzene rings is 1. The quantitative estimate of drug-likeness (QED) is 0.891. The number of anilines is 1. The number of rotatable bonds is 3. The van der Waals surface area contributed by atoms with E-state index in [2.05, 4.69) is 11.8 Å². The maximum Gasteiger partial charge on any atom is 0.123 e. The summed E-state index contributed by atoms with van der Waals surface area (Å²) in [6.45, 7) is 4.91. The fraction of sp³-hybridized carbons (Fsp3) is 0.625. The topological polar surface area (TPSA) is 23.5 Å². The number of nitrogens with zero attached hydrogens (tertiary/aromatic N) is 1. The van der Waals surface area contributed by atoms with Gasteiger partial charge < -0.3 is 10.0 Å². The number of hydrogen-bond acceptors (Lipinski definition) is 2. The smallest absolute Gasteiger partial charge is 0.123 e. The third-order valence-corrected chi connectivity index (χ3v) is 4.10. The largest absolute Gasteiger partial charge is 0.389 e. The number of halogens is 1. The lowest BCUT2D eigenvalue weighted by Crippen LogP contribution is -2.35. The van der Waals surface area contributed by atoms with Gasteiger partial charge in [0.05, 0.1) is 6.10 Å². The Morgan fingerprint density at radius 2 is 2.16 bits per heavy atom. The Morgan fingerprint density at radius 1 is 1.37 bits per heavy atom. The van der Waals surface area contributed by atoms with E-state index in [9.17, 15) is 9.50 Å². The van der Waals surface area contributed by atoms with E-state index in [0.29, 0.717) is 11.6 Å². The van der Waals surface area contributed by atoms with Gasteiger partial charge in [-0.3, -0.25) is 0 Å². The van der Waals surface area contributed by atoms with Gasteiger partial charge in [0.25, 0.3) is 0 Å². The van der Waals surface area contributed by atoms with Crippen LogP contribution >= 0.6 is 0 Å². The number of aliphatic hydroxyl groups excluding tert-OH is 1. The van der Waals surface area contributed by atoms with Crippen molar-refractivity contribution in [2.45, 2.75) is 58.1 Å². The summed E-state index contributed by atoms with van der Waals surface area (Å²) < 4.78 is 13.4. The van der Waals surface area contributed by atoms with Crippen molar-refractivity contribution in [2.75, 3.05) is 11.4 Å². The molecular formula is C16H24FNO. The van der Waals surface area contributed by atoms with E-state index in [1.54, 1.807) is 6.92 Å². The Balaban J connectivity index is 2.37. The highest BCUT2D eigenvalue weighted by atomic mass is 19.1. The summed E-state index contributed by atoms with van der Waals surface area (Å²) in [5.41, 5.74) is 1.71. The van der Waals surface area contributed by atoms with Crippen molar-refractivity contribution in [3.63, 3.8) is 0 Å². The first-order valence-corrected chi connectivity index (χ1v) is 7.37. The minimum atomic E-state index is -0.633. The fourth-order valence-corrected chi connectivity index (χ4v) is 3.04. The van der Waals surface area contributed by atoms with Gasteiger partial charge in [-0.2, -0.15) is 0 Å². The summed E-state index contributed by atoms with van der Waals surface area (Å²) in [6.07, 6.45) is 5.35. The second-order valence-electron chi connectivity index (χ2n) is 5.48. The van der Waals surface area contributed by atoms with Gasteiger partial charge >= 0.3 is 0 Å². The van der Waals surface area contributed by atoms with Crippen molar-refractivity contribution in [1.29, 1.82) is 0 Å². The molecule has 2 atom stereocenters. The van der Waals surface area contributed by atoms with E-state index in [-0.39, 0.29) is 5.82 Å². The molecule has 1 fully saturated rings. The minimum absolute atomic E-state index is 0.275. The summed E-state index contributed by atoms with van der Waals surface area (Å²) >= 11 is 0. The van der Waals surface area contributed by atoms with Gasteiger partial charge in [0.15, 0.2) is 0 Å². The van der Waals surface area contributed by atoms with Crippen LogP contribution < -0.4 is 4.90 Å². The lowest BCUT2D eigenvalue weighted by atomic mass is 10.0. The Labute approximate surface area is 115 Å². The van der Waals surface area contributed by atoms with E-state index in [0.717, 1.165) is 18.7 Å². The average Bonchev–Trinajstić information content (AvgIpc) is 2.63. The van der Waals surface area contributed by atoms with Crippen molar-refractivity contribution in [2.24, 2.45) is 0 Å². The Bertz CT molecular complexity index is 419. The van der Waals surface area contributed by atoms with Crippen LogP contribution in [0.15, 0.2) is 18.2 Å². The lowest BCUT2D eigenvalue weighted by Gasteiger charge is -2.33. The Morgan fingerprint density at radius 3 is 2.84 bits per heavy atom. The van der Waals surface area contributed by atoms with Gasteiger partial charge in [-0.1, -0.05) is 19.8 Å². The fourth-order valence-electron chi connectivity index (χ4n) is 3.04. The highest BCUT2D eigenvalue weighted by Gasteiger charge is 2.23. The van der Waals surface area contributed by atoms with Crippen LogP contribution in [0.3, 0.4) is 0 Å². The molecule has 0 saturated carbocycles. The standard InChI is InChI=1S/C16H24FNO/c1-3-14-7-5-4-6-10-18(14)16-9-8-13(17)11-15(16)12(2)19/h8-9,11-12,14,19H,3-7,10H2,1-2H3. The minimum Gasteiger partial charge on any atom is -0.389 e. The molecule has 0 amide bonds. The SMILES string of the molecule is CCC1CCCCCN1c1ccc(F)cc1C(C)O. The summed E-state index contributed by atoms with van der Waals surface area (Å²) in [7, 11) is 0. The molecular weight excluding hydrogens is 241 g/mol. The molecule has 0 spiro atoms. The maximum atomic E-state index is 13.4. The second-order valence-corrected chi connectivity index (χ2v) is 5.48. The highest BCUT2D eigenvalue weighted by Crippen LogP contribution is 2.32. The molecule has 3 heteroatoms. The van der Waals surface area contributed by atoms with Gasteiger partial charge in [-0.25, -0.2) is 4.39 Å². The first-order chi connectivity index (χ1) is 9.13. The molecule has 1 saturated heterocycles. The van der Waals surface area contributed by atoms with E-state index in [1.165, 1.54) is 37.8 Å². The monoisotopic (exact) mass is 265 g/mol. The molecule has 1 aliphatic rings. The zero-order valence-corrected chi connectivity index (χ0v) is 11.9. The van der Waals surface area contributed by atoms with Crippen LogP contribution in [0.1, 0.15) is 57.6 Å². The van der Waals surface area contributed by atoms with Crippen LogP contribution in [0, 0.1) is 5.82 Å². The van der Waals surface area contributed by atoms with Crippen molar-refractivity contribution < 1.29 is 9.50 Å². The normalized spacial score (nSPS) is 22.1. The first kappa shape index (κ1) is 14.3. The zero-order valence-electron chi connectivity index (χ0n) is 11.9. The molecule has 0 radical (unpaired) electrons. The highest BCUT2D eigenvalue weighted by molar-refractivity contribution is 5.55. The molecule has 0 bridgehead atoms. The lowest BCUT2D eigenvalue weighted by molar-refractivity contribution is 0.199. The van der Waals surface area contributed by atoms with Crippen LogP contribution in [0.5, 0.6) is 0 Å². The van der Waals surface area contributed by atoms with Gasteiger partial charge in [-0.05, 0) is 44.4 Å². The maximum absolute atomic E-state index is 13.4. The van der Waals surface area contributed by atoms with Crippen molar-refractivity contribution in [1.82, 2.24) is 0 Å². The van der Waals surface area contributed by atoms with Crippen molar-refractivity contribution >= 4 is 5.69 Å². The molecule has 2 unspecified atom stereocenters. The van der Waals surface area contributed by atoms with E-state index in [4.69, 9.17) is 0 Å². The summed E-state index contributed by atoms with van der Waals surface area (Å²) in [5, 5.41) is 9.90. The Kier molecular flexibility index (Phi) is 4.81. The molecule has 19 heavy (non-hydrogen) atoms. The predicted molar refractivity (Wildman–Crippen MR) is 76.9 cm³/mol. The Hall–Kier alpha value is -1.09. The molecule has 1 heterocycles. The van der Waals surface area contributed by atoms with Crippen LogP contribution in [0.4, 0.5) is 10.1 Å². The third-order valence-electron chi connectivity index (χ3n) is 4.10. The van der Waals surface area contributed by atoms with Gasteiger partial charge in [0.1, 0.15) is 5.82 Å². The molecule has 0 aliphatic carbocycles. The summed E-state index contributed by atoms with van der Waals surface area (Å²) in [6, 6.07) is 5.30. The molecule has 2 nitrogen and oxygen atoms in total. The van der Waals surface area contributed by atoms with Gasteiger partial charge in [0.2, 0.25) is 0 Å². The number of aliphatic hydroxyl groups is 1. The van der Waals surface area contributed by atoms with Crippen molar-refractivity contribution in [3.8, 4) is 0 Å². The molecule has 1 aliphatic heterocycles. The van der Waals surface area contributed by atoms with Gasteiger partial charge in [0, 0.05) is 23.8 Å². The first-order valence-electron chi connectivity index (χ1n) is 7.37. The molecule has 106 valence electrons.